The lowest BCUT2D eigenvalue weighted by Gasteiger charge is -2.38. The molecule has 5 heteroatoms. The van der Waals surface area contributed by atoms with Crippen molar-refractivity contribution in [3.8, 4) is 0 Å². The van der Waals surface area contributed by atoms with E-state index in [0.29, 0.717) is 13.0 Å². The maximum absolute atomic E-state index is 12.5. The zero-order chi connectivity index (χ0) is 13.3. The van der Waals surface area contributed by atoms with Gasteiger partial charge in [0.1, 0.15) is 6.04 Å². The third-order valence-electron chi connectivity index (χ3n) is 4.12. The summed E-state index contributed by atoms with van der Waals surface area (Å²) < 4.78 is 4.79. The van der Waals surface area contributed by atoms with Crippen LogP contribution in [-0.4, -0.2) is 42.0 Å². The highest BCUT2D eigenvalue weighted by atomic mass is 16.5. The first-order chi connectivity index (χ1) is 8.48. The van der Waals surface area contributed by atoms with Crippen LogP contribution in [0.2, 0.25) is 0 Å². The Hall–Kier alpha value is -1.10. The number of ether oxygens (including phenoxy) is 1. The van der Waals surface area contributed by atoms with Crippen molar-refractivity contribution in [1.82, 2.24) is 4.90 Å². The molecule has 5 nitrogen and oxygen atoms in total. The molecule has 1 heterocycles. The van der Waals surface area contributed by atoms with Crippen LogP contribution in [0.4, 0.5) is 0 Å². The Labute approximate surface area is 108 Å². The van der Waals surface area contributed by atoms with Gasteiger partial charge < -0.3 is 15.4 Å². The lowest BCUT2D eigenvalue weighted by molar-refractivity contribution is -0.157. The standard InChI is InChI=1S/C13H22N2O3/c1-13(14,9-6-7-9)12(17)15-8-4-3-5-10(15)11(16)18-2/h9-10H,3-8,14H2,1-2H3. The predicted octanol–water partition coefficient (Wildman–Crippen LogP) is 0.668. The Morgan fingerprint density at radius 3 is 2.50 bits per heavy atom. The van der Waals surface area contributed by atoms with Crippen LogP contribution in [0.15, 0.2) is 0 Å². The molecule has 1 saturated heterocycles. The number of hydrogen-bond donors (Lipinski definition) is 1. The highest BCUT2D eigenvalue weighted by molar-refractivity contribution is 5.90. The van der Waals surface area contributed by atoms with E-state index in [1.54, 1.807) is 11.8 Å². The zero-order valence-electron chi connectivity index (χ0n) is 11.1. The summed E-state index contributed by atoms with van der Waals surface area (Å²) in [4.78, 5) is 25.9. The number of nitrogens with zero attached hydrogens (tertiary/aromatic N) is 1. The van der Waals surface area contributed by atoms with Crippen molar-refractivity contribution < 1.29 is 14.3 Å². The number of esters is 1. The van der Waals surface area contributed by atoms with Gasteiger partial charge >= 0.3 is 5.97 Å². The van der Waals surface area contributed by atoms with Crippen molar-refractivity contribution in [2.75, 3.05) is 13.7 Å². The van der Waals surface area contributed by atoms with Gasteiger partial charge in [0.15, 0.2) is 0 Å². The summed E-state index contributed by atoms with van der Waals surface area (Å²) in [5.41, 5.74) is 5.33. The summed E-state index contributed by atoms with van der Waals surface area (Å²) in [6, 6.07) is -0.446. The molecular weight excluding hydrogens is 232 g/mol. The molecular formula is C13H22N2O3. The molecule has 0 spiro atoms. The fraction of sp³-hybridized carbons (Fsp3) is 0.846. The maximum atomic E-state index is 12.5. The number of piperidine rings is 1. The van der Waals surface area contributed by atoms with Crippen LogP contribution < -0.4 is 5.73 Å². The molecule has 1 aliphatic carbocycles. The molecule has 102 valence electrons. The quantitative estimate of drug-likeness (QED) is 0.751. The Balaban J connectivity index is 2.13. The average molecular weight is 254 g/mol. The highest BCUT2D eigenvalue weighted by Crippen LogP contribution is 2.39. The summed E-state index contributed by atoms with van der Waals surface area (Å²) in [6.45, 7) is 2.40. The number of rotatable bonds is 3. The van der Waals surface area contributed by atoms with E-state index >= 15 is 0 Å². The molecule has 2 N–H and O–H groups in total. The number of nitrogens with two attached hydrogens (primary N) is 1. The number of amides is 1. The van der Waals surface area contributed by atoms with Crippen molar-refractivity contribution >= 4 is 11.9 Å². The van der Waals surface area contributed by atoms with Crippen molar-refractivity contribution in [1.29, 1.82) is 0 Å². The van der Waals surface area contributed by atoms with E-state index in [1.807, 2.05) is 0 Å². The lowest BCUT2D eigenvalue weighted by Crippen LogP contribution is -2.60. The number of carbonyl (C=O) groups excluding carboxylic acids is 2. The normalized spacial score (nSPS) is 27.5. The fourth-order valence-corrected chi connectivity index (χ4v) is 2.72. The van der Waals surface area contributed by atoms with Gasteiger partial charge in [-0.05, 0) is 44.9 Å². The second kappa shape index (κ2) is 4.88. The predicted molar refractivity (Wildman–Crippen MR) is 66.7 cm³/mol. The fourth-order valence-electron chi connectivity index (χ4n) is 2.72. The van der Waals surface area contributed by atoms with E-state index in [9.17, 15) is 9.59 Å². The second-order valence-electron chi connectivity index (χ2n) is 5.59. The Morgan fingerprint density at radius 1 is 1.28 bits per heavy atom. The largest absolute Gasteiger partial charge is 0.467 e. The summed E-state index contributed by atoms with van der Waals surface area (Å²) in [5, 5.41) is 0. The van der Waals surface area contributed by atoms with Gasteiger partial charge in [-0.25, -0.2) is 4.79 Å². The van der Waals surface area contributed by atoms with Crippen molar-refractivity contribution in [2.24, 2.45) is 11.7 Å². The molecule has 2 atom stereocenters. The first-order valence-corrected chi connectivity index (χ1v) is 6.66. The summed E-state index contributed by atoms with van der Waals surface area (Å²) in [6.07, 6.45) is 4.58. The van der Waals surface area contributed by atoms with Crippen LogP contribution in [0.25, 0.3) is 0 Å². The molecule has 0 bridgehead atoms. The van der Waals surface area contributed by atoms with Crippen LogP contribution in [0.1, 0.15) is 39.0 Å². The van der Waals surface area contributed by atoms with E-state index in [2.05, 4.69) is 0 Å². The molecule has 1 saturated carbocycles. The molecule has 2 rings (SSSR count). The molecule has 0 radical (unpaired) electrons. The SMILES string of the molecule is COC(=O)C1CCCCN1C(=O)C(C)(N)C1CC1. The Kier molecular flexibility index (Phi) is 3.61. The number of likely N-dealkylation sites (tertiary alicyclic amines) is 1. The molecule has 1 amide bonds. The first kappa shape index (κ1) is 13.3. The molecule has 0 aromatic carbocycles. The van der Waals surface area contributed by atoms with Gasteiger partial charge in [0, 0.05) is 6.54 Å². The van der Waals surface area contributed by atoms with E-state index in [-0.39, 0.29) is 17.8 Å². The van der Waals surface area contributed by atoms with E-state index in [1.165, 1.54) is 7.11 Å². The monoisotopic (exact) mass is 254 g/mol. The third kappa shape index (κ3) is 2.36. The van der Waals surface area contributed by atoms with Crippen LogP contribution in [0, 0.1) is 5.92 Å². The minimum absolute atomic E-state index is 0.0971. The van der Waals surface area contributed by atoms with Gasteiger partial charge in [-0.1, -0.05) is 0 Å². The van der Waals surface area contributed by atoms with Gasteiger partial charge in [0.2, 0.25) is 5.91 Å². The average Bonchev–Trinajstić information content (AvgIpc) is 3.21. The van der Waals surface area contributed by atoms with Crippen molar-refractivity contribution in [2.45, 2.75) is 50.6 Å². The van der Waals surface area contributed by atoms with Crippen LogP contribution >= 0.6 is 0 Å². The number of hydrogen-bond acceptors (Lipinski definition) is 4. The van der Waals surface area contributed by atoms with Gasteiger partial charge in [-0.3, -0.25) is 4.79 Å². The number of carbonyl (C=O) groups is 2. The molecule has 2 unspecified atom stereocenters. The number of methoxy groups -OCH3 is 1. The Bertz CT molecular complexity index is 350. The van der Waals surface area contributed by atoms with E-state index < -0.39 is 11.6 Å². The highest BCUT2D eigenvalue weighted by Gasteiger charge is 2.48. The second-order valence-corrected chi connectivity index (χ2v) is 5.59. The summed E-state index contributed by atoms with van der Waals surface area (Å²) in [7, 11) is 1.36. The topological polar surface area (TPSA) is 72.6 Å². The summed E-state index contributed by atoms with van der Waals surface area (Å²) >= 11 is 0. The minimum Gasteiger partial charge on any atom is -0.467 e. The molecule has 0 aromatic rings. The van der Waals surface area contributed by atoms with Gasteiger partial charge in [-0.2, -0.15) is 0 Å². The molecule has 2 aliphatic rings. The van der Waals surface area contributed by atoms with Crippen LogP contribution in [0.5, 0.6) is 0 Å². The van der Waals surface area contributed by atoms with Crippen molar-refractivity contribution in [3.05, 3.63) is 0 Å². The van der Waals surface area contributed by atoms with Crippen LogP contribution in [0.3, 0.4) is 0 Å². The molecule has 2 fully saturated rings. The smallest absolute Gasteiger partial charge is 0.328 e. The maximum Gasteiger partial charge on any atom is 0.328 e. The molecule has 18 heavy (non-hydrogen) atoms. The molecule has 1 aliphatic heterocycles. The Morgan fingerprint density at radius 2 is 1.94 bits per heavy atom. The van der Waals surface area contributed by atoms with Gasteiger partial charge in [0.05, 0.1) is 12.6 Å². The molecule has 0 aromatic heterocycles. The van der Waals surface area contributed by atoms with Crippen LogP contribution in [-0.2, 0) is 14.3 Å². The first-order valence-electron chi connectivity index (χ1n) is 6.66. The summed E-state index contributed by atoms with van der Waals surface area (Å²) in [5.74, 6) is -0.153. The third-order valence-corrected chi connectivity index (χ3v) is 4.12. The van der Waals surface area contributed by atoms with E-state index in [4.69, 9.17) is 10.5 Å². The van der Waals surface area contributed by atoms with Crippen molar-refractivity contribution in [3.63, 3.8) is 0 Å². The minimum atomic E-state index is -0.830. The lowest BCUT2D eigenvalue weighted by atomic mass is 9.92. The van der Waals surface area contributed by atoms with Gasteiger partial charge in [0.25, 0.3) is 0 Å². The zero-order valence-corrected chi connectivity index (χ0v) is 11.1. The van der Waals surface area contributed by atoms with Gasteiger partial charge in [-0.15, -0.1) is 0 Å². The van der Waals surface area contributed by atoms with E-state index in [0.717, 1.165) is 25.7 Å².